The fourth-order valence-electron chi connectivity index (χ4n) is 2.91. The average Bonchev–Trinajstić information content (AvgIpc) is 2.71. The van der Waals surface area contributed by atoms with Crippen molar-refractivity contribution in [2.75, 3.05) is 11.9 Å². The summed E-state index contributed by atoms with van der Waals surface area (Å²) in [6.07, 6.45) is 7.23. The van der Waals surface area contributed by atoms with E-state index in [1.807, 2.05) is 6.92 Å². The van der Waals surface area contributed by atoms with Crippen LogP contribution in [0.2, 0.25) is 0 Å². The number of nitro groups is 1. The van der Waals surface area contributed by atoms with Gasteiger partial charge in [0, 0.05) is 16.8 Å². The van der Waals surface area contributed by atoms with Gasteiger partial charge in [0.15, 0.2) is 5.75 Å². The van der Waals surface area contributed by atoms with E-state index in [-0.39, 0.29) is 16.0 Å². The van der Waals surface area contributed by atoms with Crippen molar-refractivity contribution in [1.82, 2.24) is 0 Å². The zero-order valence-corrected chi connectivity index (χ0v) is 14.0. The second-order valence-corrected chi connectivity index (χ2v) is 6.63. The molecule has 116 valence electrons. The lowest BCUT2D eigenvalue weighted by molar-refractivity contribution is -0.386. The molecule has 1 saturated carbocycles. The molecule has 0 spiro atoms. The van der Waals surface area contributed by atoms with Gasteiger partial charge in [0.25, 0.3) is 0 Å². The first-order valence-corrected chi connectivity index (χ1v) is 8.62. The van der Waals surface area contributed by atoms with Gasteiger partial charge in [-0.1, -0.05) is 47.7 Å². The van der Waals surface area contributed by atoms with Gasteiger partial charge in [-0.25, -0.2) is 0 Å². The van der Waals surface area contributed by atoms with Gasteiger partial charge in [0.05, 0.1) is 11.5 Å². The van der Waals surface area contributed by atoms with Gasteiger partial charge in [-0.05, 0) is 31.4 Å². The molecule has 1 aromatic rings. The van der Waals surface area contributed by atoms with Crippen LogP contribution in [0.1, 0.15) is 44.1 Å². The molecule has 1 aromatic carbocycles. The van der Waals surface area contributed by atoms with Crippen LogP contribution in [0.3, 0.4) is 0 Å². The summed E-state index contributed by atoms with van der Waals surface area (Å²) in [5.74, 6) is 0.393. The van der Waals surface area contributed by atoms with Crippen molar-refractivity contribution in [2.24, 2.45) is 5.41 Å². The second kappa shape index (κ2) is 7.25. The number of alkyl halides is 1. The van der Waals surface area contributed by atoms with E-state index in [0.717, 1.165) is 23.7 Å². The molecule has 21 heavy (non-hydrogen) atoms. The summed E-state index contributed by atoms with van der Waals surface area (Å²) in [5, 5.41) is 12.0. The van der Waals surface area contributed by atoms with Crippen LogP contribution >= 0.6 is 15.9 Å². The number of hydrogen-bond acceptors (Lipinski definition) is 3. The molecule has 0 aromatic heterocycles. The number of halogens is 1. The monoisotopic (exact) mass is 355 g/mol. The molecule has 1 fully saturated rings. The summed E-state index contributed by atoms with van der Waals surface area (Å²) in [7, 11) is 0. The predicted octanol–water partition coefficient (Wildman–Crippen LogP) is 5.02. The maximum atomic E-state index is 11.1. The smallest absolute Gasteiger partial charge is 0.310 e. The van der Waals surface area contributed by atoms with Gasteiger partial charge in [-0.15, -0.1) is 0 Å². The summed E-state index contributed by atoms with van der Waals surface area (Å²) in [4.78, 5) is 10.7. The van der Waals surface area contributed by atoms with Crippen LogP contribution in [0.25, 0.3) is 0 Å². The average molecular weight is 356 g/mol. The van der Waals surface area contributed by atoms with E-state index in [9.17, 15) is 10.1 Å². The Morgan fingerprint density at radius 2 is 1.95 bits per heavy atom. The zero-order valence-electron chi connectivity index (χ0n) is 12.4. The number of nitro benzene ring substituents is 1. The molecular weight excluding hydrogens is 334 g/mol. The minimum Gasteiger partial charge on any atom is -0.486 e. The Labute approximate surface area is 134 Å². The molecule has 0 heterocycles. The third-order valence-electron chi connectivity index (χ3n) is 4.29. The quantitative estimate of drug-likeness (QED) is 0.322. The summed E-state index contributed by atoms with van der Waals surface area (Å²) < 4.78 is 5.90. The molecule has 0 radical (unpaired) electrons. The van der Waals surface area contributed by atoms with Crippen LogP contribution in [0.5, 0.6) is 5.75 Å². The van der Waals surface area contributed by atoms with E-state index < -0.39 is 0 Å². The largest absolute Gasteiger partial charge is 0.486 e. The Balaban J connectivity index is 2.13. The highest BCUT2D eigenvalue weighted by molar-refractivity contribution is 9.09. The third-order valence-corrected chi connectivity index (χ3v) is 5.48. The fraction of sp³-hybridized carbons (Fsp3) is 0.625. The molecule has 0 unspecified atom stereocenters. The Bertz CT molecular complexity index is 496. The molecule has 0 atom stereocenters. The van der Waals surface area contributed by atoms with Gasteiger partial charge in [0.1, 0.15) is 0 Å². The minimum absolute atomic E-state index is 0.0546. The Morgan fingerprint density at radius 1 is 1.29 bits per heavy atom. The summed E-state index contributed by atoms with van der Waals surface area (Å²) in [5.41, 5.74) is 1.14. The fourth-order valence-corrected chi connectivity index (χ4v) is 3.64. The maximum Gasteiger partial charge on any atom is 0.310 e. The first-order valence-electron chi connectivity index (χ1n) is 7.50. The Morgan fingerprint density at radius 3 is 2.52 bits per heavy atom. The van der Waals surface area contributed by atoms with Gasteiger partial charge >= 0.3 is 5.69 Å². The maximum absolute atomic E-state index is 11.1. The Kier molecular flexibility index (Phi) is 5.62. The number of benzene rings is 1. The SMILES string of the molecule is Cc1ccc([N+](=O)[O-])c(OCC2(CBr)CCCCCC2)c1. The number of aryl methyl sites for hydroxylation is 1. The summed E-state index contributed by atoms with van der Waals surface area (Å²) >= 11 is 3.62. The van der Waals surface area contributed by atoms with Gasteiger partial charge in [-0.2, -0.15) is 0 Å². The number of rotatable bonds is 5. The molecule has 4 nitrogen and oxygen atoms in total. The molecule has 1 aliphatic rings. The first-order chi connectivity index (χ1) is 10.1. The van der Waals surface area contributed by atoms with Crippen LogP contribution in [0.4, 0.5) is 5.69 Å². The molecule has 1 aliphatic carbocycles. The predicted molar refractivity (Wildman–Crippen MR) is 87.3 cm³/mol. The zero-order chi connectivity index (χ0) is 15.3. The topological polar surface area (TPSA) is 52.4 Å². The lowest BCUT2D eigenvalue weighted by atomic mass is 9.83. The highest BCUT2D eigenvalue weighted by Crippen LogP contribution is 2.38. The van der Waals surface area contributed by atoms with E-state index in [1.54, 1.807) is 12.1 Å². The van der Waals surface area contributed by atoms with Crippen molar-refractivity contribution in [3.05, 3.63) is 33.9 Å². The van der Waals surface area contributed by atoms with Crippen LogP contribution in [0, 0.1) is 22.5 Å². The van der Waals surface area contributed by atoms with Crippen molar-refractivity contribution in [1.29, 1.82) is 0 Å². The van der Waals surface area contributed by atoms with Crippen molar-refractivity contribution in [3.8, 4) is 5.75 Å². The van der Waals surface area contributed by atoms with Crippen molar-refractivity contribution in [2.45, 2.75) is 45.4 Å². The molecule has 0 saturated heterocycles. The van der Waals surface area contributed by atoms with Gasteiger partial charge in [0.2, 0.25) is 0 Å². The number of ether oxygens (including phenoxy) is 1. The van der Waals surface area contributed by atoms with E-state index in [2.05, 4.69) is 15.9 Å². The number of nitrogens with zero attached hydrogens (tertiary/aromatic N) is 1. The van der Waals surface area contributed by atoms with Crippen molar-refractivity contribution < 1.29 is 9.66 Å². The molecule has 0 amide bonds. The third kappa shape index (κ3) is 4.19. The number of hydrogen-bond donors (Lipinski definition) is 0. The van der Waals surface area contributed by atoms with Crippen molar-refractivity contribution >= 4 is 21.6 Å². The second-order valence-electron chi connectivity index (χ2n) is 6.06. The summed E-state index contributed by atoms with van der Waals surface area (Å²) in [6, 6.07) is 5.03. The van der Waals surface area contributed by atoms with Gasteiger partial charge in [-0.3, -0.25) is 10.1 Å². The van der Waals surface area contributed by atoms with Gasteiger partial charge < -0.3 is 4.74 Å². The van der Waals surface area contributed by atoms with Crippen LogP contribution in [0.15, 0.2) is 18.2 Å². The van der Waals surface area contributed by atoms with Crippen LogP contribution < -0.4 is 4.74 Å². The standard InChI is InChI=1S/C16H22BrNO3/c1-13-6-7-14(18(19)20)15(10-13)21-12-16(11-17)8-4-2-3-5-9-16/h6-7,10H,2-5,8-9,11-12H2,1H3. The molecule has 5 heteroatoms. The van der Waals surface area contributed by atoms with Crippen LogP contribution in [-0.4, -0.2) is 16.9 Å². The normalized spacial score (nSPS) is 18.0. The highest BCUT2D eigenvalue weighted by atomic mass is 79.9. The van der Waals surface area contributed by atoms with E-state index in [0.29, 0.717) is 12.4 Å². The van der Waals surface area contributed by atoms with E-state index in [4.69, 9.17) is 4.74 Å². The van der Waals surface area contributed by atoms with E-state index >= 15 is 0 Å². The lowest BCUT2D eigenvalue weighted by Crippen LogP contribution is -2.30. The summed E-state index contributed by atoms with van der Waals surface area (Å²) in [6.45, 7) is 2.46. The Hall–Kier alpha value is -1.10. The molecule has 0 aliphatic heterocycles. The molecule has 0 bridgehead atoms. The van der Waals surface area contributed by atoms with Crippen molar-refractivity contribution in [3.63, 3.8) is 0 Å². The van der Waals surface area contributed by atoms with E-state index in [1.165, 1.54) is 31.7 Å². The highest BCUT2D eigenvalue weighted by Gasteiger charge is 2.31. The molecule has 2 rings (SSSR count). The molecular formula is C16H22BrNO3. The lowest BCUT2D eigenvalue weighted by Gasteiger charge is -2.30. The molecule has 0 N–H and O–H groups in total. The minimum atomic E-state index is -0.372. The van der Waals surface area contributed by atoms with Crippen LogP contribution in [-0.2, 0) is 0 Å². The first kappa shape index (κ1) is 16.3.